The van der Waals surface area contributed by atoms with E-state index in [9.17, 15) is 9.90 Å². The van der Waals surface area contributed by atoms with E-state index in [1.807, 2.05) is 31.2 Å². The fourth-order valence-electron chi connectivity index (χ4n) is 2.33. The highest BCUT2D eigenvalue weighted by Crippen LogP contribution is 2.32. The zero-order chi connectivity index (χ0) is 13.1. The molecule has 4 heteroatoms. The molecule has 98 valence electrons. The molecule has 0 bridgehead atoms. The molecule has 2 rings (SSSR count). The van der Waals surface area contributed by atoms with Crippen LogP contribution in [0, 0.1) is 0 Å². The Bertz CT molecular complexity index is 430. The number of benzene rings is 1. The average molecular weight is 248 g/mol. The van der Waals surface area contributed by atoms with Gasteiger partial charge in [-0.25, -0.2) is 0 Å². The van der Waals surface area contributed by atoms with Crippen LogP contribution in [0.15, 0.2) is 24.3 Å². The van der Waals surface area contributed by atoms with Gasteiger partial charge in [0, 0.05) is 18.3 Å². The summed E-state index contributed by atoms with van der Waals surface area (Å²) >= 11 is 0. The highest BCUT2D eigenvalue weighted by atomic mass is 16.4. The van der Waals surface area contributed by atoms with Crippen LogP contribution in [0.25, 0.3) is 0 Å². The maximum absolute atomic E-state index is 11.3. The Morgan fingerprint density at radius 3 is 2.67 bits per heavy atom. The summed E-state index contributed by atoms with van der Waals surface area (Å²) in [7, 11) is 0. The second-order valence-corrected chi connectivity index (χ2v) is 4.86. The van der Waals surface area contributed by atoms with E-state index in [1.165, 1.54) is 0 Å². The summed E-state index contributed by atoms with van der Waals surface area (Å²) in [6.45, 7) is 2.55. The van der Waals surface area contributed by atoms with Crippen LogP contribution in [0.3, 0.4) is 0 Å². The molecule has 1 aromatic rings. The van der Waals surface area contributed by atoms with Crippen molar-refractivity contribution in [1.29, 1.82) is 0 Å². The minimum absolute atomic E-state index is 0.405. The largest absolute Gasteiger partial charge is 0.480 e. The number of anilines is 1. The lowest BCUT2D eigenvalue weighted by Crippen LogP contribution is -2.41. The van der Waals surface area contributed by atoms with Crippen LogP contribution in [0.4, 0.5) is 5.69 Å². The molecule has 1 unspecified atom stereocenters. The number of hydrogen-bond acceptors (Lipinski definition) is 3. The molecular weight excluding hydrogens is 228 g/mol. The topological polar surface area (TPSA) is 66.6 Å². The van der Waals surface area contributed by atoms with Gasteiger partial charge < -0.3 is 10.8 Å². The summed E-state index contributed by atoms with van der Waals surface area (Å²) in [4.78, 5) is 13.4. The molecule has 1 saturated carbocycles. The Kier molecular flexibility index (Phi) is 3.87. The van der Waals surface area contributed by atoms with Crippen molar-refractivity contribution in [2.45, 2.75) is 44.8 Å². The lowest BCUT2D eigenvalue weighted by Gasteiger charge is -2.28. The summed E-state index contributed by atoms with van der Waals surface area (Å²) < 4.78 is 0. The van der Waals surface area contributed by atoms with E-state index in [-0.39, 0.29) is 0 Å². The van der Waals surface area contributed by atoms with Crippen molar-refractivity contribution in [2.24, 2.45) is 0 Å². The van der Waals surface area contributed by atoms with Gasteiger partial charge in [-0.05, 0) is 30.9 Å². The van der Waals surface area contributed by atoms with Crippen LogP contribution in [-0.4, -0.2) is 28.1 Å². The van der Waals surface area contributed by atoms with Crippen molar-refractivity contribution in [2.75, 3.05) is 5.73 Å². The van der Waals surface area contributed by atoms with Gasteiger partial charge in [0.2, 0.25) is 0 Å². The van der Waals surface area contributed by atoms with E-state index >= 15 is 0 Å². The molecule has 1 aliphatic carbocycles. The molecule has 0 saturated heterocycles. The monoisotopic (exact) mass is 248 g/mol. The first kappa shape index (κ1) is 12.9. The van der Waals surface area contributed by atoms with E-state index < -0.39 is 12.0 Å². The number of aliphatic carboxylic acids is 1. The van der Waals surface area contributed by atoms with Crippen LogP contribution in [0.1, 0.15) is 31.7 Å². The van der Waals surface area contributed by atoms with Gasteiger partial charge >= 0.3 is 5.97 Å². The molecule has 18 heavy (non-hydrogen) atoms. The van der Waals surface area contributed by atoms with Crippen molar-refractivity contribution >= 4 is 11.7 Å². The molecule has 0 aliphatic heterocycles. The average Bonchev–Trinajstić information content (AvgIpc) is 3.15. The third kappa shape index (κ3) is 2.82. The third-order valence-corrected chi connectivity index (χ3v) is 3.50. The number of nitrogens with two attached hydrogens (primary N) is 1. The third-order valence-electron chi connectivity index (χ3n) is 3.50. The van der Waals surface area contributed by atoms with Gasteiger partial charge in [-0.2, -0.15) is 0 Å². The molecule has 1 aromatic carbocycles. The number of carboxylic acids is 1. The Labute approximate surface area is 107 Å². The van der Waals surface area contributed by atoms with Crippen LogP contribution in [0.2, 0.25) is 0 Å². The lowest BCUT2D eigenvalue weighted by atomic mass is 10.1. The molecule has 0 radical (unpaired) electrons. The molecule has 0 spiro atoms. The molecule has 1 aliphatic rings. The second kappa shape index (κ2) is 5.40. The fourth-order valence-corrected chi connectivity index (χ4v) is 2.33. The van der Waals surface area contributed by atoms with Gasteiger partial charge in [0.15, 0.2) is 0 Å². The lowest BCUT2D eigenvalue weighted by molar-refractivity contribution is -0.144. The molecule has 4 nitrogen and oxygen atoms in total. The Morgan fingerprint density at radius 2 is 2.17 bits per heavy atom. The molecule has 3 N–H and O–H groups in total. The van der Waals surface area contributed by atoms with Gasteiger partial charge in [0.25, 0.3) is 0 Å². The van der Waals surface area contributed by atoms with Crippen molar-refractivity contribution in [3.05, 3.63) is 29.8 Å². The first-order valence-corrected chi connectivity index (χ1v) is 6.45. The molecular formula is C14H20N2O2. The van der Waals surface area contributed by atoms with E-state index in [0.29, 0.717) is 19.0 Å². The highest BCUT2D eigenvalue weighted by Gasteiger charge is 2.36. The number of nitrogen functional groups attached to an aromatic ring is 1. The Hall–Kier alpha value is -1.55. The Balaban J connectivity index is 2.16. The standard InChI is InChI=1S/C14H20N2O2/c1-2-13(14(17)18)16(11-7-8-11)9-10-5-3-4-6-12(10)15/h3-6,11,13H,2,7-9,15H2,1H3,(H,17,18). The summed E-state index contributed by atoms with van der Waals surface area (Å²) in [6.07, 6.45) is 2.81. The smallest absolute Gasteiger partial charge is 0.320 e. The number of carbonyl (C=O) groups is 1. The molecule has 0 aromatic heterocycles. The quantitative estimate of drug-likeness (QED) is 0.757. The minimum atomic E-state index is -0.737. The van der Waals surface area contributed by atoms with Crippen LogP contribution >= 0.6 is 0 Å². The molecule has 0 heterocycles. The molecule has 1 fully saturated rings. The van der Waals surface area contributed by atoms with Crippen LogP contribution in [-0.2, 0) is 11.3 Å². The zero-order valence-electron chi connectivity index (χ0n) is 10.7. The normalized spacial score (nSPS) is 16.8. The summed E-state index contributed by atoms with van der Waals surface area (Å²) in [6, 6.07) is 7.68. The minimum Gasteiger partial charge on any atom is -0.480 e. The first-order valence-electron chi connectivity index (χ1n) is 6.45. The van der Waals surface area contributed by atoms with Crippen molar-refractivity contribution < 1.29 is 9.90 Å². The van der Waals surface area contributed by atoms with Crippen molar-refractivity contribution in [3.63, 3.8) is 0 Å². The van der Waals surface area contributed by atoms with Gasteiger partial charge in [0.05, 0.1) is 0 Å². The van der Waals surface area contributed by atoms with Gasteiger partial charge in [-0.15, -0.1) is 0 Å². The van der Waals surface area contributed by atoms with E-state index in [2.05, 4.69) is 4.90 Å². The van der Waals surface area contributed by atoms with Gasteiger partial charge in [-0.1, -0.05) is 25.1 Å². The predicted molar refractivity (Wildman–Crippen MR) is 71.1 cm³/mol. The SMILES string of the molecule is CCC(C(=O)O)N(Cc1ccccc1N)C1CC1. The maximum atomic E-state index is 11.3. The van der Waals surface area contributed by atoms with Gasteiger partial charge in [0.1, 0.15) is 6.04 Å². The number of nitrogens with zero attached hydrogens (tertiary/aromatic N) is 1. The zero-order valence-corrected chi connectivity index (χ0v) is 10.7. The summed E-state index contributed by atoms with van der Waals surface area (Å²) in [5.74, 6) is -0.737. The van der Waals surface area contributed by atoms with Crippen molar-refractivity contribution in [1.82, 2.24) is 4.90 Å². The molecule has 1 atom stereocenters. The number of carboxylic acid groups (broad SMARTS) is 1. The van der Waals surface area contributed by atoms with Crippen molar-refractivity contribution in [3.8, 4) is 0 Å². The van der Waals surface area contributed by atoms with E-state index in [1.54, 1.807) is 0 Å². The van der Waals surface area contributed by atoms with Crippen LogP contribution < -0.4 is 5.73 Å². The Morgan fingerprint density at radius 1 is 1.50 bits per heavy atom. The maximum Gasteiger partial charge on any atom is 0.320 e. The second-order valence-electron chi connectivity index (χ2n) is 4.86. The number of hydrogen-bond donors (Lipinski definition) is 2. The highest BCUT2D eigenvalue weighted by molar-refractivity contribution is 5.73. The van der Waals surface area contributed by atoms with Gasteiger partial charge in [-0.3, -0.25) is 9.69 Å². The summed E-state index contributed by atoms with van der Waals surface area (Å²) in [5.41, 5.74) is 7.69. The number of rotatable bonds is 6. The van der Waals surface area contributed by atoms with E-state index in [0.717, 1.165) is 24.1 Å². The number of para-hydroxylation sites is 1. The fraction of sp³-hybridized carbons (Fsp3) is 0.500. The van der Waals surface area contributed by atoms with E-state index in [4.69, 9.17) is 5.73 Å². The first-order chi connectivity index (χ1) is 8.63. The van der Waals surface area contributed by atoms with Crippen LogP contribution in [0.5, 0.6) is 0 Å². The predicted octanol–water partition coefficient (Wildman–Crippen LogP) is 2.10. The molecule has 0 amide bonds. The summed E-state index contributed by atoms with van der Waals surface area (Å²) in [5, 5.41) is 9.29.